The average Bonchev–Trinajstić information content (AvgIpc) is 2.42. The number of aromatic hydroxyl groups is 1. The predicted molar refractivity (Wildman–Crippen MR) is 81.9 cm³/mol. The van der Waals surface area contributed by atoms with E-state index in [1.807, 2.05) is 0 Å². The van der Waals surface area contributed by atoms with E-state index in [0.29, 0.717) is 0 Å². The van der Waals surface area contributed by atoms with Gasteiger partial charge in [-0.2, -0.15) is 0 Å². The highest BCUT2D eigenvalue weighted by Crippen LogP contribution is 2.40. The van der Waals surface area contributed by atoms with E-state index in [1.54, 1.807) is 20.8 Å². The normalized spacial score (nSPS) is 17.0. The van der Waals surface area contributed by atoms with E-state index in [-0.39, 0.29) is 54.3 Å². The highest BCUT2D eigenvalue weighted by Gasteiger charge is 2.34. The molecule has 126 valence electrons. The zero-order valence-electron chi connectivity index (χ0n) is 13.4. The highest BCUT2D eigenvalue weighted by molar-refractivity contribution is 6.03. The second-order valence-electron chi connectivity index (χ2n) is 6.22. The molecule has 0 bridgehead atoms. The maximum Gasteiger partial charge on any atom is 0.258 e. The number of ketones is 1. The van der Waals surface area contributed by atoms with Gasteiger partial charge in [-0.1, -0.05) is 0 Å². The van der Waals surface area contributed by atoms with E-state index in [4.69, 9.17) is 14.6 Å². The van der Waals surface area contributed by atoms with Crippen LogP contribution >= 0.6 is 0 Å². The summed E-state index contributed by atoms with van der Waals surface area (Å²) in [6.45, 7) is 4.77. The second kappa shape index (κ2) is 6.45. The first-order valence-corrected chi connectivity index (χ1v) is 7.34. The zero-order valence-corrected chi connectivity index (χ0v) is 13.4. The molecule has 1 heterocycles. The number of carbonyl (C=O) groups excluding carboxylic acids is 2. The van der Waals surface area contributed by atoms with Gasteiger partial charge in [0.2, 0.25) is 0 Å². The highest BCUT2D eigenvalue weighted by atomic mass is 16.5. The maximum absolute atomic E-state index is 12.1. The van der Waals surface area contributed by atoms with Crippen molar-refractivity contribution in [2.45, 2.75) is 38.8 Å². The molecule has 7 heteroatoms. The van der Waals surface area contributed by atoms with Crippen LogP contribution in [0.5, 0.6) is 17.2 Å². The van der Waals surface area contributed by atoms with E-state index < -0.39 is 11.5 Å². The van der Waals surface area contributed by atoms with Crippen LogP contribution in [-0.4, -0.2) is 46.8 Å². The SMILES string of the molecule is CC(CO)NC(=O)COc1cc(O)c2c(c1)OC(C)(C)CC2=O. The lowest BCUT2D eigenvalue weighted by Gasteiger charge is -2.32. The summed E-state index contributed by atoms with van der Waals surface area (Å²) in [6.07, 6.45) is 0.176. The van der Waals surface area contributed by atoms with Gasteiger partial charge in [-0.3, -0.25) is 9.59 Å². The van der Waals surface area contributed by atoms with Crippen molar-refractivity contribution in [1.82, 2.24) is 5.32 Å². The molecule has 1 aromatic carbocycles. The van der Waals surface area contributed by atoms with Crippen LogP contribution in [0.15, 0.2) is 12.1 Å². The summed E-state index contributed by atoms with van der Waals surface area (Å²) in [5, 5.41) is 21.4. The number of hydrogen-bond donors (Lipinski definition) is 3. The van der Waals surface area contributed by atoms with Crippen molar-refractivity contribution >= 4 is 11.7 Å². The number of nitrogens with one attached hydrogen (secondary N) is 1. The minimum atomic E-state index is -0.664. The number of aliphatic hydroxyl groups is 1. The molecular formula is C16H21NO6. The number of ether oxygens (including phenoxy) is 2. The van der Waals surface area contributed by atoms with Gasteiger partial charge in [-0.25, -0.2) is 0 Å². The molecule has 0 aromatic heterocycles. The van der Waals surface area contributed by atoms with E-state index in [9.17, 15) is 14.7 Å². The van der Waals surface area contributed by atoms with Crippen LogP contribution in [0.3, 0.4) is 0 Å². The Morgan fingerprint density at radius 3 is 2.83 bits per heavy atom. The zero-order chi connectivity index (χ0) is 17.2. The van der Waals surface area contributed by atoms with Crippen molar-refractivity contribution in [2.24, 2.45) is 0 Å². The number of benzene rings is 1. The summed E-state index contributed by atoms with van der Waals surface area (Å²) < 4.78 is 11.0. The van der Waals surface area contributed by atoms with Crippen LogP contribution in [-0.2, 0) is 4.79 Å². The summed E-state index contributed by atoms with van der Waals surface area (Å²) in [4.78, 5) is 23.7. The van der Waals surface area contributed by atoms with Gasteiger partial charge in [-0.05, 0) is 20.8 Å². The Morgan fingerprint density at radius 2 is 2.17 bits per heavy atom. The molecule has 1 atom stereocenters. The quantitative estimate of drug-likeness (QED) is 0.747. The molecule has 1 aliphatic heterocycles. The van der Waals surface area contributed by atoms with Gasteiger partial charge < -0.3 is 25.0 Å². The van der Waals surface area contributed by atoms with Gasteiger partial charge >= 0.3 is 0 Å². The van der Waals surface area contributed by atoms with Gasteiger partial charge in [0.05, 0.1) is 13.0 Å². The Hall–Kier alpha value is -2.28. The lowest BCUT2D eigenvalue weighted by atomic mass is 9.92. The van der Waals surface area contributed by atoms with Gasteiger partial charge in [0.1, 0.15) is 28.4 Å². The molecule has 0 spiro atoms. The fraction of sp³-hybridized carbons (Fsp3) is 0.500. The molecular weight excluding hydrogens is 302 g/mol. The van der Waals surface area contributed by atoms with Crippen LogP contribution in [0.1, 0.15) is 37.6 Å². The standard InChI is InChI=1S/C16H21NO6/c1-9(7-18)17-14(21)8-22-10-4-11(19)15-12(20)6-16(2,3)23-13(15)5-10/h4-5,9,18-19H,6-8H2,1-3H3,(H,17,21). The molecule has 23 heavy (non-hydrogen) atoms. The van der Waals surface area contributed by atoms with Crippen LogP contribution in [0.2, 0.25) is 0 Å². The molecule has 1 aromatic rings. The van der Waals surface area contributed by atoms with Crippen LogP contribution in [0.25, 0.3) is 0 Å². The third-order valence-corrected chi connectivity index (χ3v) is 3.36. The molecule has 2 rings (SSSR count). The van der Waals surface area contributed by atoms with Gasteiger partial charge in [0, 0.05) is 18.2 Å². The first-order chi connectivity index (χ1) is 10.7. The van der Waals surface area contributed by atoms with Crippen molar-refractivity contribution in [3.63, 3.8) is 0 Å². The topological polar surface area (TPSA) is 105 Å². The largest absolute Gasteiger partial charge is 0.507 e. The minimum Gasteiger partial charge on any atom is -0.507 e. The Kier molecular flexibility index (Phi) is 4.79. The Bertz CT molecular complexity index is 625. The first kappa shape index (κ1) is 17.1. The summed E-state index contributed by atoms with van der Waals surface area (Å²) >= 11 is 0. The molecule has 1 unspecified atom stereocenters. The van der Waals surface area contributed by atoms with Gasteiger partial charge in [0.25, 0.3) is 5.91 Å². The van der Waals surface area contributed by atoms with Gasteiger partial charge in [-0.15, -0.1) is 0 Å². The molecule has 0 saturated heterocycles. The minimum absolute atomic E-state index is 0.134. The van der Waals surface area contributed by atoms with Crippen molar-refractivity contribution in [3.05, 3.63) is 17.7 Å². The summed E-state index contributed by atoms with van der Waals surface area (Å²) in [5.74, 6) is -0.373. The fourth-order valence-corrected chi connectivity index (χ4v) is 2.34. The number of amides is 1. The number of phenolic OH excluding ortho intramolecular Hbond substituents is 1. The molecule has 7 nitrogen and oxygen atoms in total. The number of carbonyl (C=O) groups is 2. The Balaban J connectivity index is 2.12. The maximum atomic E-state index is 12.1. The molecule has 0 saturated carbocycles. The molecule has 3 N–H and O–H groups in total. The smallest absolute Gasteiger partial charge is 0.258 e. The average molecular weight is 323 g/mol. The molecule has 1 aliphatic rings. The summed E-state index contributed by atoms with van der Waals surface area (Å²) in [5.41, 5.74) is -0.529. The number of aliphatic hydroxyl groups excluding tert-OH is 1. The fourth-order valence-electron chi connectivity index (χ4n) is 2.34. The number of rotatable bonds is 5. The second-order valence-corrected chi connectivity index (χ2v) is 6.22. The molecule has 0 fully saturated rings. The van der Waals surface area contributed by atoms with Crippen molar-refractivity contribution in [2.75, 3.05) is 13.2 Å². The number of fused-ring (bicyclic) bond motifs is 1. The van der Waals surface area contributed by atoms with Crippen molar-refractivity contribution in [1.29, 1.82) is 0 Å². The monoisotopic (exact) mass is 323 g/mol. The lowest BCUT2D eigenvalue weighted by Crippen LogP contribution is -2.38. The van der Waals surface area contributed by atoms with E-state index >= 15 is 0 Å². The van der Waals surface area contributed by atoms with Crippen LogP contribution in [0.4, 0.5) is 0 Å². The van der Waals surface area contributed by atoms with Gasteiger partial charge in [0.15, 0.2) is 12.4 Å². The van der Waals surface area contributed by atoms with E-state index in [0.717, 1.165) is 0 Å². The number of hydrogen-bond acceptors (Lipinski definition) is 6. The van der Waals surface area contributed by atoms with Crippen LogP contribution in [0, 0.1) is 0 Å². The van der Waals surface area contributed by atoms with E-state index in [2.05, 4.69) is 5.32 Å². The predicted octanol–water partition coefficient (Wildman–Crippen LogP) is 1.01. The Morgan fingerprint density at radius 1 is 1.48 bits per heavy atom. The summed E-state index contributed by atoms with van der Waals surface area (Å²) in [6, 6.07) is 2.39. The van der Waals surface area contributed by atoms with Crippen molar-refractivity contribution < 1.29 is 29.3 Å². The van der Waals surface area contributed by atoms with Crippen LogP contribution < -0.4 is 14.8 Å². The number of Topliss-reactive ketones (excluding diaryl/α,β-unsaturated/α-hetero) is 1. The first-order valence-electron chi connectivity index (χ1n) is 7.34. The third-order valence-electron chi connectivity index (χ3n) is 3.36. The third kappa shape index (κ3) is 4.13. The van der Waals surface area contributed by atoms with E-state index in [1.165, 1.54) is 12.1 Å². The Labute approximate surface area is 134 Å². The molecule has 0 aliphatic carbocycles. The lowest BCUT2D eigenvalue weighted by molar-refractivity contribution is -0.124. The summed E-state index contributed by atoms with van der Waals surface area (Å²) in [7, 11) is 0. The molecule has 1 amide bonds. The molecule has 0 radical (unpaired) electrons. The van der Waals surface area contributed by atoms with Crippen molar-refractivity contribution in [3.8, 4) is 17.2 Å². The number of phenols is 1.